The number of nitrogens with zero attached hydrogens (tertiary/aromatic N) is 2. The second-order valence-electron chi connectivity index (χ2n) is 6.24. The van der Waals surface area contributed by atoms with Crippen LogP contribution in [-0.2, 0) is 13.0 Å². The molecule has 5 heteroatoms. The zero-order chi connectivity index (χ0) is 18.5. The molecule has 3 aromatic rings. The van der Waals surface area contributed by atoms with E-state index in [0.717, 1.165) is 23.0 Å². The van der Waals surface area contributed by atoms with E-state index in [1.807, 2.05) is 43.3 Å². The maximum absolute atomic E-state index is 13.0. The quantitative estimate of drug-likeness (QED) is 0.743. The first-order valence-electron chi connectivity index (χ1n) is 8.80. The molecule has 0 spiro atoms. The van der Waals surface area contributed by atoms with Crippen LogP contribution in [0.15, 0.2) is 70.3 Å². The summed E-state index contributed by atoms with van der Waals surface area (Å²) in [5, 5.41) is 10.7. The summed E-state index contributed by atoms with van der Waals surface area (Å²) in [5.41, 5.74) is 0.678. The second-order valence-corrected chi connectivity index (χ2v) is 6.24. The van der Waals surface area contributed by atoms with E-state index in [2.05, 4.69) is 0 Å². The van der Waals surface area contributed by atoms with Crippen molar-refractivity contribution < 1.29 is 5.11 Å². The maximum Gasteiger partial charge on any atom is 0.338 e. The van der Waals surface area contributed by atoms with E-state index in [1.165, 1.54) is 4.57 Å². The van der Waals surface area contributed by atoms with Crippen LogP contribution < -0.4 is 11.2 Å². The monoisotopic (exact) mass is 350 g/mol. The van der Waals surface area contributed by atoms with Gasteiger partial charge in [-0.3, -0.25) is 9.36 Å². The molecule has 0 saturated carbocycles. The van der Waals surface area contributed by atoms with E-state index >= 15 is 0 Å². The molecule has 0 unspecified atom stereocenters. The molecule has 2 aromatic carbocycles. The van der Waals surface area contributed by atoms with Crippen molar-refractivity contribution in [3.63, 3.8) is 0 Å². The third kappa shape index (κ3) is 3.47. The Bertz CT molecular complexity index is 990. The molecule has 0 radical (unpaired) electrons. The van der Waals surface area contributed by atoms with Crippen LogP contribution in [0.1, 0.15) is 30.9 Å². The Balaban J connectivity index is 2.23. The highest BCUT2D eigenvalue weighted by Crippen LogP contribution is 2.16. The number of hydrogen-bond donors (Lipinski definition) is 1. The molecule has 0 atom stereocenters. The minimum Gasteiger partial charge on any atom is -0.494 e. The van der Waals surface area contributed by atoms with E-state index in [0.29, 0.717) is 12.1 Å². The van der Waals surface area contributed by atoms with Gasteiger partial charge in [-0.1, -0.05) is 61.9 Å². The molecule has 3 rings (SSSR count). The van der Waals surface area contributed by atoms with E-state index in [1.54, 1.807) is 24.3 Å². The van der Waals surface area contributed by atoms with Crippen LogP contribution in [0.3, 0.4) is 0 Å². The molecule has 0 saturated heterocycles. The molecule has 0 aliphatic rings. The Morgan fingerprint density at radius 1 is 0.923 bits per heavy atom. The summed E-state index contributed by atoms with van der Waals surface area (Å²) in [5.74, 6) is -0.232. The van der Waals surface area contributed by atoms with Crippen LogP contribution in [0.5, 0.6) is 5.88 Å². The van der Waals surface area contributed by atoms with Crippen molar-refractivity contribution >= 4 is 0 Å². The molecule has 134 valence electrons. The van der Waals surface area contributed by atoms with Crippen LogP contribution in [0.4, 0.5) is 0 Å². The van der Waals surface area contributed by atoms with Gasteiger partial charge in [-0.05, 0) is 30.5 Å². The molecular formula is C21H22N2O3. The average molecular weight is 350 g/mol. The van der Waals surface area contributed by atoms with E-state index in [4.69, 9.17) is 0 Å². The van der Waals surface area contributed by atoms with Crippen molar-refractivity contribution in [1.82, 2.24) is 9.13 Å². The maximum atomic E-state index is 13.0. The lowest BCUT2D eigenvalue weighted by atomic mass is 10.1. The average Bonchev–Trinajstić information content (AvgIpc) is 2.67. The third-order valence-electron chi connectivity index (χ3n) is 4.39. The predicted octanol–water partition coefficient (Wildman–Crippen LogP) is 3.10. The lowest BCUT2D eigenvalue weighted by Crippen LogP contribution is -2.40. The minimum atomic E-state index is -0.539. The van der Waals surface area contributed by atoms with Crippen LogP contribution in [0.2, 0.25) is 0 Å². The van der Waals surface area contributed by atoms with Gasteiger partial charge in [0.1, 0.15) is 0 Å². The third-order valence-corrected chi connectivity index (χ3v) is 4.39. The largest absolute Gasteiger partial charge is 0.494 e. The van der Waals surface area contributed by atoms with E-state index < -0.39 is 11.2 Å². The zero-order valence-corrected chi connectivity index (χ0v) is 14.8. The smallest absolute Gasteiger partial charge is 0.338 e. The second kappa shape index (κ2) is 7.87. The normalized spacial score (nSPS) is 10.8. The first kappa shape index (κ1) is 17.7. The van der Waals surface area contributed by atoms with Crippen molar-refractivity contribution in [3.8, 4) is 11.6 Å². The highest BCUT2D eigenvalue weighted by Gasteiger charge is 2.19. The van der Waals surface area contributed by atoms with Gasteiger partial charge in [-0.25, -0.2) is 9.36 Å². The van der Waals surface area contributed by atoms with Gasteiger partial charge in [-0.15, -0.1) is 0 Å². The Hall–Kier alpha value is -3.08. The molecule has 1 heterocycles. The molecular weight excluding hydrogens is 328 g/mol. The number of hydrogen-bond acceptors (Lipinski definition) is 3. The summed E-state index contributed by atoms with van der Waals surface area (Å²) in [7, 11) is 0. The highest BCUT2D eigenvalue weighted by atomic mass is 16.3. The Kier molecular flexibility index (Phi) is 5.37. The van der Waals surface area contributed by atoms with Gasteiger partial charge in [0.05, 0.1) is 17.8 Å². The first-order valence-corrected chi connectivity index (χ1v) is 8.80. The minimum absolute atomic E-state index is 0.206. The zero-order valence-electron chi connectivity index (χ0n) is 14.8. The number of rotatable bonds is 6. The number of aromatic nitrogens is 2. The van der Waals surface area contributed by atoms with Crippen molar-refractivity contribution in [2.45, 2.75) is 32.7 Å². The summed E-state index contributed by atoms with van der Waals surface area (Å²) < 4.78 is 2.42. The topological polar surface area (TPSA) is 64.2 Å². The molecule has 0 amide bonds. The number of unbranched alkanes of at least 4 members (excludes halogenated alkanes) is 1. The molecule has 1 aromatic heterocycles. The number of benzene rings is 2. The van der Waals surface area contributed by atoms with Gasteiger partial charge >= 0.3 is 5.69 Å². The Morgan fingerprint density at radius 2 is 1.54 bits per heavy atom. The molecule has 0 aliphatic heterocycles. The molecule has 1 N–H and O–H groups in total. The first-order chi connectivity index (χ1) is 12.6. The SMILES string of the molecule is CCCCc1c(O)n(Cc2ccccc2)c(=O)n(-c2ccccc2)c1=O. The molecule has 26 heavy (non-hydrogen) atoms. The van der Waals surface area contributed by atoms with Gasteiger partial charge in [-0.2, -0.15) is 0 Å². The van der Waals surface area contributed by atoms with Crippen molar-refractivity contribution in [2.75, 3.05) is 0 Å². The molecule has 0 bridgehead atoms. The number of aromatic hydroxyl groups is 1. The summed E-state index contributed by atoms with van der Waals surface area (Å²) in [6.45, 7) is 2.23. The van der Waals surface area contributed by atoms with Crippen LogP contribution in [0.25, 0.3) is 5.69 Å². The number of para-hydroxylation sites is 1. The summed E-state index contributed by atoms with van der Waals surface area (Å²) >= 11 is 0. The van der Waals surface area contributed by atoms with Gasteiger partial charge in [0, 0.05) is 0 Å². The Labute approximate surface area is 151 Å². The lowest BCUT2D eigenvalue weighted by Gasteiger charge is -2.16. The van der Waals surface area contributed by atoms with Crippen molar-refractivity contribution in [3.05, 3.63) is 92.6 Å². The van der Waals surface area contributed by atoms with Gasteiger partial charge < -0.3 is 5.11 Å². The van der Waals surface area contributed by atoms with Crippen molar-refractivity contribution in [2.24, 2.45) is 0 Å². The van der Waals surface area contributed by atoms with Crippen LogP contribution in [-0.4, -0.2) is 14.2 Å². The fourth-order valence-electron chi connectivity index (χ4n) is 2.98. The van der Waals surface area contributed by atoms with E-state index in [-0.39, 0.29) is 18.0 Å². The lowest BCUT2D eigenvalue weighted by molar-refractivity contribution is 0.396. The summed E-state index contributed by atoms with van der Waals surface area (Å²) in [4.78, 5) is 25.9. The fourth-order valence-corrected chi connectivity index (χ4v) is 2.98. The van der Waals surface area contributed by atoms with E-state index in [9.17, 15) is 14.7 Å². The van der Waals surface area contributed by atoms with Crippen molar-refractivity contribution in [1.29, 1.82) is 0 Å². The van der Waals surface area contributed by atoms with Crippen LogP contribution >= 0.6 is 0 Å². The summed E-state index contributed by atoms with van der Waals surface area (Å²) in [6.07, 6.45) is 2.09. The Morgan fingerprint density at radius 3 is 2.15 bits per heavy atom. The molecule has 5 nitrogen and oxygen atoms in total. The van der Waals surface area contributed by atoms with Gasteiger partial charge in [0.2, 0.25) is 5.88 Å². The molecule has 0 aliphatic carbocycles. The molecule has 0 fully saturated rings. The van der Waals surface area contributed by atoms with Gasteiger partial charge in [0.25, 0.3) is 5.56 Å². The predicted molar refractivity (Wildman–Crippen MR) is 102 cm³/mol. The van der Waals surface area contributed by atoms with Gasteiger partial charge in [0.15, 0.2) is 0 Å². The standard InChI is InChI=1S/C21H22N2O3/c1-2-3-14-18-19(24)22(15-16-10-6-4-7-11-16)21(26)23(20(18)25)17-12-8-5-9-13-17/h4-13,24H,2-3,14-15H2,1H3. The highest BCUT2D eigenvalue weighted by molar-refractivity contribution is 5.35. The fraction of sp³-hybridized carbons (Fsp3) is 0.238. The summed E-state index contributed by atoms with van der Waals surface area (Å²) in [6, 6.07) is 18.2. The van der Waals surface area contributed by atoms with Crippen LogP contribution in [0, 0.1) is 0 Å².